The fourth-order valence-electron chi connectivity index (χ4n) is 3.36. The van der Waals surface area contributed by atoms with Gasteiger partial charge in [0.05, 0.1) is 0 Å². The van der Waals surface area contributed by atoms with Crippen LogP contribution in [0.5, 0.6) is 0 Å². The summed E-state index contributed by atoms with van der Waals surface area (Å²) in [7, 11) is 0. The summed E-state index contributed by atoms with van der Waals surface area (Å²) in [5.74, 6) is 0.335. The van der Waals surface area contributed by atoms with Gasteiger partial charge in [-0.05, 0) is 43.5 Å². The van der Waals surface area contributed by atoms with Crippen LogP contribution in [0.3, 0.4) is 0 Å². The molecule has 2 amide bonds. The molecule has 1 aliphatic heterocycles. The molecule has 2 atom stereocenters. The summed E-state index contributed by atoms with van der Waals surface area (Å²) in [6.07, 6.45) is 0.657. The third-order valence-corrected chi connectivity index (χ3v) is 5.31. The van der Waals surface area contributed by atoms with Crippen LogP contribution < -0.4 is 10.6 Å². The topological polar surface area (TPSA) is 61.4 Å². The maximum Gasteiger partial charge on any atom is 0.256 e. The average Bonchev–Trinajstić information content (AvgIpc) is 2.94. The first-order valence-corrected chi connectivity index (χ1v) is 9.99. The number of nitrogens with zero attached hydrogens (tertiary/aromatic N) is 1. The maximum absolute atomic E-state index is 12.8. The lowest BCUT2D eigenvalue weighted by Gasteiger charge is -2.27. The molecular weight excluding hydrogens is 350 g/mol. The Morgan fingerprint density at radius 3 is 2.57 bits per heavy atom. The zero-order chi connectivity index (χ0) is 20.3. The minimum absolute atomic E-state index is 0.0506. The van der Waals surface area contributed by atoms with Crippen LogP contribution in [0.1, 0.15) is 66.6 Å². The molecule has 5 nitrogen and oxygen atoms in total. The lowest BCUT2D eigenvalue weighted by Crippen LogP contribution is -2.36. The van der Waals surface area contributed by atoms with Crippen molar-refractivity contribution in [2.24, 2.45) is 5.92 Å². The number of carbonyl (C=O) groups is 2. The second-order valence-corrected chi connectivity index (χ2v) is 7.72. The van der Waals surface area contributed by atoms with E-state index < -0.39 is 0 Å². The molecule has 2 aromatic rings. The highest BCUT2D eigenvalue weighted by Gasteiger charge is 2.35. The van der Waals surface area contributed by atoms with Crippen LogP contribution in [-0.2, 0) is 0 Å². The Morgan fingerprint density at radius 2 is 1.86 bits per heavy atom. The highest BCUT2D eigenvalue weighted by molar-refractivity contribution is 5.99. The van der Waals surface area contributed by atoms with Gasteiger partial charge in [-0.3, -0.25) is 9.59 Å². The Morgan fingerprint density at radius 1 is 1.11 bits per heavy atom. The molecule has 2 N–H and O–H groups in total. The van der Waals surface area contributed by atoms with Gasteiger partial charge in [0.1, 0.15) is 6.17 Å². The molecule has 1 heterocycles. The van der Waals surface area contributed by atoms with E-state index in [0.29, 0.717) is 18.0 Å². The van der Waals surface area contributed by atoms with Crippen LogP contribution in [0, 0.1) is 5.92 Å². The molecule has 0 aliphatic carbocycles. The molecule has 2 aromatic carbocycles. The maximum atomic E-state index is 12.8. The molecule has 0 saturated carbocycles. The largest absolute Gasteiger partial charge is 0.361 e. The van der Waals surface area contributed by atoms with Crippen molar-refractivity contribution in [2.45, 2.75) is 46.3 Å². The van der Waals surface area contributed by atoms with Crippen LogP contribution >= 0.6 is 0 Å². The van der Waals surface area contributed by atoms with Gasteiger partial charge in [-0.25, -0.2) is 0 Å². The normalized spacial score (nSPS) is 16.8. The Bertz CT molecular complexity index is 862. The van der Waals surface area contributed by atoms with E-state index in [0.717, 1.165) is 23.2 Å². The molecule has 0 fully saturated rings. The number of fused-ring (bicyclic) bond motifs is 1. The summed E-state index contributed by atoms with van der Waals surface area (Å²) in [4.78, 5) is 27.2. The summed E-state index contributed by atoms with van der Waals surface area (Å²) in [5.41, 5.74) is 3.15. The zero-order valence-corrected chi connectivity index (χ0v) is 17.0. The van der Waals surface area contributed by atoms with Crippen molar-refractivity contribution < 1.29 is 9.59 Å². The van der Waals surface area contributed by atoms with Gasteiger partial charge in [0.2, 0.25) is 0 Å². The van der Waals surface area contributed by atoms with Gasteiger partial charge in [0, 0.05) is 35.0 Å². The molecule has 0 spiro atoms. The van der Waals surface area contributed by atoms with Crippen LogP contribution in [0.15, 0.2) is 48.5 Å². The standard InChI is InChI=1S/C23H29N3O2/c1-5-13-26-21(19-11-6-7-12-20(19)23(26)28)25-18-10-8-9-17(14-18)22(27)24-16(4)15(2)3/h6-12,14-16,21,25H,5,13H2,1-4H3,(H,24,27)/t16-,21-/m1/s1. The first kappa shape index (κ1) is 19.9. The van der Waals surface area contributed by atoms with Crippen LogP contribution in [-0.4, -0.2) is 29.3 Å². The number of anilines is 1. The van der Waals surface area contributed by atoms with Crippen molar-refractivity contribution in [3.05, 3.63) is 65.2 Å². The molecule has 0 aromatic heterocycles. The fourth-order valence-corrected chi connectivity index (χ4v) is 3.36. The lowest BCUT2D eigenvalue weighted by molar-refractivity contribution is 0.0742. The van der Waals surface area contributed by atoms with E-state index in [1.807, 2.05) is 60.4 Å². The van der Waals surface area contributed by atoms with Gasteiger partial charge >= 0.3 is 0 Å². The van der Waals surface area contributed by atoms with E-state index in [4.69, 9.17) is 0 Å². The second-order valence-electron chi connectivity index (χ2n) is 7.72. The highest BCUT2D eigenvalue weighted by atomic mass is 16.2. The SMILES string of the molecule is CCCN1C(=O)c2ccccc2[C@@H]1Nc1cccc(C(=O)N[C@H](C)C(C)C)c1. The molecule has 0 saturated heterocycles. The number of hydrogen-bond donors (Lipinski definition) is 2. The van der Waals surface area contributed by atoms with Crippen molar-refractivity contribution >= 4 is 17.5 Å². The number of nitrogens with one attached hydrogen (secondary N) is 2. The third kappa shape index (κ3) is 4.03. The Hall–Kier alpha value is -2.82. The molecule has 0 bridgehead atoms. The quantitative estimate of drug-likeness (QED) is 0.748. The number of rotatable bonds is 7. The zero-order valence-electron chi connectivity index (χ0n) is 17.0. The number of carbonyl (C=O) groups excluding carboxylic acids is 2. The minimum Gasteiger partial charge on any atom is -0.361 e. The molecule has 0 radical (unpaired) electrons. The average molecular weight is 380 g/mol. The van der Waals surface area contributed by atoms with E-state index in [1.165, 1.54) is 0 Å². The fraction of sp³-hybridized carbons (Fsp3) is 0.391. The van der Waals surface area contributed by atoms with Crippen molar-refractivity contribution in [3.63, 3.8) is 0 Å². The van der Waals surface area contributed by atoms with E-state index in [9.17, 15) is 9.59 Å². The Balaban J connectivity index is 1.83. The molecule has 3 rings (SSSR count). The summed E-state index contributed by atoms with van der Waals surface area (Å²) < 4.78 is 0. The van der Waals surface area contributed by atoms with Crippen molar-refractivity contribution in [1.82, 2.24) is 10.2 Å². The lowest BCUT2D eigenvalue weighted by atomic mass is 10.1. The van der Waals surface area contributed by atoms with Crippen molar-refractivity contribution in [2.75, 3.05) is 11.9 Å². The van der Waals surface area contributed by atoms with Crippen LogP contribution in [0.2, 0.25) is 0 Å². The van der Waals surface area contributed by atoms with Gasteiger partial charge in [-0.1, -0.05) is 45.0 Å². The summed E-state index contributed by atoms with van der Waals surface area (Å²) >= 11 is 0. The third-order valence-electron chi connectivity index (χ3n) is 5.31. The van der Waals surface area contributed by atoms with E-state index in [2.05, 4.69) is 31.4 Å². The molecule has 148 valence electrons. The van der Waals surface area contributed by atoms with Crippen LogP contribution in [0.4, 0.5) is 5.69 Å². The smallest absolute Gasteiger partial charge is 0.256 e. The molecule has 1 aliphatic rings. The number of benzene rings is 2. The monoisotopic (exact) mass is 379 g/mol. The van der Waals surface area contributed by atoms with E-state index in [1.54, 1.807) is 0 Å². The first-order chi connectivity index (χ1) is 13.4. The number of hydrogen-bond acceptors (Lipinski definition) is 3. The van der Waals surface area contributed by atoms with E-state index in [-0.39, 0.29) is 24.0 Å². The Kier molecular flexibility index (Phi) is 6.02. The van der Waals surface area contributed by atoms with Gasteiger partial charge in [-0.15, -0.1) is 0 Å². The summed E-state index contributed by atoms with van der Waals surface area (Å²) in [6.45, 7) is 8.92. The minimum atomic E-state index is -0.225. The molecule has 5 heteroatoms. The molecule has 0 unspecified atom stereocenters. The number of amides is 2. The first-order valence-electron chi connectivity index (χ1n) is 9.99. The molecular formula is C23H29N3O2. The van der Waals surface area contributed by atoms with E-state index >= 15 is 0 Å². The predicted octanol–water partition coefficient (Wildman–Crippen LogP) is 4.44. The summed E-state index contributed by atoms with van der Waals surface area (Å²) in [6, 6.07) is 15.3. The summed E-state index contributed by atoms with van der Waals surface area (Å²) in [5, 5.41) is 6.50. The van der Waals surface area contributed by atoms with Gasteiger partial charge < -0.3 is 15.5 Å². The van der Waals surface area contributed by atoms with Gasteiger partial charge in [-0.2, -0.15) is 0 Å². The predicted molar refractivity (Wildman–Crippen MR) is 112 cm³/mol. The van der Waals surface area contributed by atoms with Crippen molar-refractivity contribution in [3.8, 4) is 0 Å². The van der Waals surface area contributed by atoms with Crippen LogP contribution in [0.25, 0.3) is 0 Å². The van der Waals surface area contributed by atoms with Gasteiger partial charge in [0.15, 0.2) is 0 Å². The Labute approximate surface area is 167 Å². The molecule has 28 heavy (non-hydrogen) atoms. The van der Waals surface area contributed by atoms with Crippen molar-refractivity contribution in [1.29, 1.82) is 0 Å². The van der Waals surface area contributed by atoms with Gasteiger partial charge in [0.25, 0.3) is 11.8 Å². The second kappa shape index (κ2) is 8.46. The highest BCUT2D eigenvalue weighted by Crippen LogP contribution is 2.34.